The van der Waals surface area contributed by atoms with E-state index >= 15 is 0 Å². The lowest BCUT2D eigenvalue weighted by Gasteiger charge is -2.18. The summed E-state index contributed by atoms with van der Waals surface area (Å²) >= 11 is 6.17. The molecule has 0 unspecified atom stereocenters. The van der Waals surface area contributed by atoms with E-state index in [1.807, 2.05) is 27.7 Å². The van der Waals surface area contributed by atoms with Gasteiger partial charge in [-0.2, -0.15) is 5.10 Å². The van der Waals surface area contributed by atoms with Crippen LogP contribution < -0.4 is 5.32 Å². The fourth-order valence-corrected chi connectivity index (χ4v) is 2.69. The van der Waals surface area contributed by atoms with Crippen LogP contribution in [0.15, 0.2) is 24.3 Å². The largest absolute Gasteiger partial charge is 0.343 e. The molecular formula is C18H23ClN4O2. The highest BCUT2D eigenvalue weighted by Crippen LogP contribution is 2.22. The molecule has 25 heavy (non-hydrogen) atoms. The number of aromatic nitrogens is 2. The number of hydrogen-bond acceptors (Lipinski definition) is 3. The van der Waals surface area contributed by atoms with Crippen molar-refractivity contribution >= 4 is 23.4 Å². The molecular weight excluding hydrogens is 340 g/mol. The first-order valence-electron chi connectivity index (χ1n) is 8.27. The molecule has 2 rings (SSSR count). The van der Waals surface area contributed by atoms with Crippen LogP contribution in [0.25, 0.3) is 5.69 Å². The zero-order valence-electron chi connectivity index (χ0n) is 15.0. The smallest absolute Gasteiger partial charge is 0.251 e. The van der Waals surface area contributed by atoms with E-state index in [1.165, 1.54) is 0 Å². The van der Waals surface area contributed by atoms with Gasteiger partial charge in [-0.1, -0.05) is 11.6 Å². The Morgan fingerprint density at radius 2 is 1.76 bits per heavy atom. The average molecular weight is 363 g/mol. The molecule has 1 aromatic carbocycles. The van der Waals surface area contributed by atoms with Gasteiger partial charge in [0.25, 0.3) is 5.91 Å². The molecule has 0 aliphatic rings. The van der Waals surface area contributed by atoms with Crippen LogP contribution in [0.5, 0.6) is 0 Å². The number of carbonyl (C=O) groups is 2. The van der Waals surface area contributed by atoms with Gasteiger partial charge in [0, 0.05) is 18.7 Å². The van der Waals surface area contributed by atoms with Gasteiger partial charge in [0.1, 0.15) is 0 Å². The number of nitrogens with zero attached hydrogens (tertiary/aromatic N) is 3. The topological polar surface area (TPSA) is 67.2 Å². The second-order valence-corrected chi connectivity index (χ2v) is 6.07. The van der Waals surface area contributed by atoms with E-state index in [9.17, 15) is 9.59 Å². The first-order valence-corrected chi connectivity index (χ1v) is 8.64. The Balaban J connectivity index is 2.05. The van der Waals surface area contributed by atoms with Crippen LogP contribution in [0.3, 0.4) is 0 Å². The Morgan fingerprint density at radius 3 is 2.24 bits per heavy atom. The molecule has 134 valence electrons. The van der Waals surface area contributed by atoms with Crippen LogP contribution in [-0.4, -0.2) is 46.1 Å². The van der Waals surface area contributed by atoms with Gasteiger partial charge >= 0.3 is 0 Å². The van der Waals surface area contributed by atoms with Crippen LogP contribution in [0.2, 0.25) is 5.02 Å². The van der Waals surface area contributed by atoms with Crippen molar-refractivity contribution in [3.63, 3.8) is 0 Å². The molecule has 0 aliphatic carbocycles. The molecule has 2 aromatic rings. The zero-order valence-corrected chi connectivity index (χ0v) is 15.7. The molecule has 0 aliphatic heterocycles. The van der Waals surface area contributed by atoms with Crippen LogP contribution in [0.1, 0.15) is 35.6 Å². The molecule has 1 N–H and O–H groups in total. The number of benzene rings is 1. The number of nitrogens with one attached hydrogen (secondary N) is 1. The van der Waals surface area contributed by atoms with Gasteiger partial charge < -0.3 is 10.2 Å². The molecule has 7 heteroatoms. The maximum absolute atomic E-state index is 12.2. The third-order valence-electron chi connectivity index (χ3n) is 4.09. The third-order valence-corrected chi connectivity index (χ3v) is 4.64. The Morgan fingerprint density at radius 1 is 1.16 bits per heavy atom. The second kappa shape index (κ2) is 8.16. The number of likely N-dealkylation sites (N-methyl/N-ethyl adjacent to an activating group) is 1. The maximum atomic E-state index is 12.2. The van der Waals surface area contributed by atoms with Crippen molar-refractivity contribution in [3.8, 4) is 5.69 Å². The summed E-state index contributed by atoms with van der Waals surface area (Å²) in [5, 5.41) is 7.68. The lowest BCUT2D eigenvalue weighted by molar-refractivity contribution is -0.129. The standard InChI is InChI=1S/C18H23ClN4O2/c1-5-22(6-2)16(24)11-20-18(25)14-7-9-15(10-8-14)23-13(4)17(19)12(3)21-23/h7-10H,5-6,11H2,1-4H3,(H,20,25). The number of amides is 2. The van der Waals surface area contributed by atoms with Crippen molar-refractivity contribution < 1.29 is 9.59 Å². The van der Waals surface area contributed by atoms with E-state index in [-0.39, 0.29) is 18.4 Å². The number of rotatable bonds is 6. The Hall–Kier alpha value is -2.34. The van der Waals surface area contributed by atoms with E-state index in [4.69, 9.17) is 11.6 Å². The van der Waals surface area contributed by atoms with E-state index in [0.29, 0.717) is 23.7 Å². The van der Waals surface area contributed by atoms with E-state index in [1.54, 1.807) is 33.8 Å². The minimum absolute atomic E-state index is 0.00463. The predicted octanol–water partition coefficient (Wildman–Crippen LogP) is 2.74. The molecule has 0 saturated heterocycles. The highest BCUT2D eigenvalue weighted by molar-refractivity contribution is 6.31. The minimum atomic E-state index is -0.279. The molecule has 2 amide bonds. The summed E-state index contributed by atoms with van der Waals surface area (Å²) in [6, 6.07) is 7.02. The van der Waals surface area contributed by atoms with Gasteiger partial charge in [0.15, 0.2) is 0 Å². The fraction of sp³-hybridized carbons (Fsp3) is 0.389. The average Bonchev–Trinajstić information content (AvgIpc) is 2.88. The highest BCUT2D eigenvalue weighted by Gasteiger charge is 2.14. The van der Waals surface area contributed by atoms with Crippen molar-refractivity contribution in [2.45, 2.75) is 27.7 Å². The van der Waals surface area contributed by atoms with Crippen molar-refractivity contribution in [2.75, 3.05) is 19.6 Å². The number of carbonyl (C=O) groups excluding carboxylic acids is 2. The molecule has 0 atom stereocenters. The normalized spacial score (nSPS) is 10.6. The van der Waals surface area contributed by atoms with Crippen LogP contribution >= 0.6 is 11.6 Å². The van der Waals surface area contributed by atoms with Crippen LogP contribution in [0.4, 0.5) is 0 Å². The minimum Gasteiger partial charge on any atom is -0.343 e. The van der Waals surface area contributed by atoms with E-state index in [0.717, 1.165) is 17.1 Å². The van der Waals surface area contributed by atoms with Gasteiger partial charge in [0.2, 0.25) is 5.91 Å². The molecule has 0 fully saturated rings. The second-order valence-electron chi connectivity index (χ2n) is 5.69. The van der Waals surface area contributed by atoms with E-state index in [2.05, 4.69) is 10.4 Å². The molecule has 1 heterocycles. The van der Waals surface area contributed by atoms with Gasteiger partial charge in [-0.25, -0.2) is 4.68 Å². The Labute approximate surface area is 152 Å². The Bertz CT molecular complexity index is 764. The SMILES string of the molecule is CCN(CC)C(=O)CNC(=O)c1ccc(-n2nc(C)c(Cl)c2C)cc1. The van der Waals surface area contributed by atoms with Gasteiger partial charge in [-0.15, -0.1) is 0 Å². The van der Waals surface area contributed by atoms with Crippen molar-refractivity contribution in [1.82, 2.24) is 20.0 Å². The molecule has 0 bridgehead atoms. The molecule has 1 aromatic heterocycles. The van der Waals surface area contributed by atoms with Crippen molar-refractivity contribution in [2.24, 2.45) is 0 Å². The quantitative estimate of drug-likeness (QED) is 0.859. The lowest BCUT2D eigenvalue weighted by atomic mass is 10.2. The van der Waals surface area contributed by atoms with Gasteiger partial charge in [-0.05, 0) is 52.0 Å². The van der Waals surface area contributed by atoms with Crippen molar-refractivity contribution in [3.05, 3.63) is 46.2 Å². The highest BCUT2D eigenvalue weighted by atomic mass is 35.5. The lowest BCUT2D eigenvalue weighted by Crippen LogP contribution is -2.39. The maximum Gasteiger partial charge on any atom is 0.251 e. The third kappa shape index (κ3) is 4.20. The van der Waals surface area contributed by atoms with Crippen LogP contribution in [-0.2, 0) is 4.79 Å². The first kappa shape index (κ1) is 19.0. The summed E-state index contributed by atoms with van der Waals surface area (Å²) in [5.74, 6) is -0.370. The van der Waals surface area contributed by atoms with Crippen molar-refractivity contribution in [1.29, 1.82) is 0 Å². The fourth-order valence-electron chi connectivity index (χ4n) is 2.58. The summed E-state index contributed by atoms with van der Waals surface area (Å²) in [6.07, 6.45) is 0. The van der Waals surface area contributed by atoms with Crippen LogP contribution in [0, 0.1) is 13.8 Å². The van der Waals surface area contributed by atoms with E-state index < -0.39 is 0 Å². The molecule has 0 saturated carbocycles. The number of hydrogen-bond donors (Lipinski definition) is 1. The summed E-state index contributed by atoms with van der Waals surface area (Å²) in [4.78, 5) is 25.8. The molecule has 6 nitrogen and oxygen atoms in total. The summed E-state index contributed by atoms with van der Waals surface area (Å²) < 4.78 is 1.74. The molecule has 0 spiro atoms. The summed E-state index contributed by atoms with van der Waals surface area (Å²) in [6.45, 7) is 8.81. The number of halogens is 1. The van der Waals surface area contributed by atoms with Gasteiger partial charge in [0.05, 0.1) is 28.6 Å². The summed E-state index contributed by atoms with van der Waals surface area (Å²) in [7, 11) is 0. The number of aryl methyl sites for hydroxylation is 1. The zero-order chi connectivity index (χ0) is 18.6. The first-order chi connectivity index (χ1) is 11.9. The monoisotopic (exact) mass is 362 g/mol. The molecule has 0 radical (unpaired) electrons. The summed E-state index contributed by atoms with van der Waals surface area (Å²) in [5.41, 5.74) is 2.92. The Kier molecular flexibility index (Phi) is 6.20. The van der Waals surface area contributed by atoms with Gasteiger partial charge in [-0.3, -0.25) is 9.59 Å². The predicted molar refractivity (Wildman–Crippen MR) is 98.3 cm³/mol.